The Labute approximate surface area is 102 Å². The highest BCUT2D eigenvalue weighted by molar-refractivity contribution is 4.97. The Morgan fingerprint density at radius 2 is 1.12 bits per heavy atom. The van der Waals surface area contributed by atoms with Crippen molar-refractivity contribution in [1.29, 1.82) is 0 Å². The van der Waals surface area contributed by atoms with E-state index in [-0.39, 0.29) is 0 Å². The lowest BCUT2D eigenvalue weighted by Gasteiger charge is -1.84. The van der Waals surface area contributed by atoms with Crippen LogP contribution in [0.15, 0.2) is 49.6 Å². The molecule has 0 heterocycles. The topological polar surface area (TPSA) is 0 Å². The summed E-state index contributed by atoms with van der Waals surface area (Å²) in [6.45, 7) is 11.5. The monoisotopic (exact) mass is 220 g/mol. The number of hydrogen-bond donors (Lipinski definition) is 0. The van der Waals surface area contributed by atoms with E-state index in [1.165, 1.54) is 38.5 Å². The lowest BCUT2D eigenvalue weighted by atomic mass is 10.2. The van der Waals surface area contributed by atoms with Crippen molar-refractivity contribution >= 4 is 0 Å². The fourth-order valence-electron chi connectivity index (χ4n) is 1.03. The van der Waals surface area contributed by atoms with Crippen molar-refractivity contribution in [3.63, 3.8) is 0 Å². The smallest absolute Gasteiger partial charge is 0.0348 e. The lowest BCUT2D eigenvalue weighted by molar-refractivity contribution is 0.815. The minimum absolute atomic E-state index is 1.20. The van der Waals surface area contributed by atoms with Gasteiger partial charge in [0.15, 0.2) is 0 Å². The molecular formula is C16H28. The van der Waals surface area contributed by atoms with Crippen LogP contribution in [0.5, 0.6) is 0 Å². The SMILES string of the molecule is C=C/C=C/CCCC.C=C/C=C\CCCC. The van der Waals surface area contributed by atoms with Gasteiger partial charge in [-0.2, -0.15) is 0 Å². The molecule has 0 aromatic carbocycles. The molecule has 0 fully saturated rings. The molecule has 0 aliphatic carbocycles. The number of hydrogen-bond acceptors (Lipinski definition) is 0. The van der Waals surface area contributed by atoms with Gasteiger partial charge in [0, 0.05) is 0 Å². The molecule has 0 spiro atoms. The van der Waals surface area contributed by atoms with Crippen LogP contribution in [-0.2, 0) is 0 Å². The molecular weight excluding hydrogens is 192 g/mol. The molecule has 0 bridgehead atoms. The van der Waals surface area contributed by atoms with E-state index in [9.17, 15) is 0 Å². The van der Waals surface area contributed by atoms with Crippen LogP contribution >= 0.6 is 0 Å². The van der Waals surface area contributed by atoms with Gasteiger partial charge < -0.3 is 0 Å². The predicted octanol–water partition coefficient (Wildman–Crippen LogP) is 5.84. The molecule has 0 nitrogen and oxygen atoms in total. The van der Waals surface area contributed by atoms with Crippen molar-refractivity contribution in [3.8, 4) is 0 Å². The van der Waals surface area contributed by atoms with Crippen molar-refractivity contribution in [2.75, 3.05) is 0 Å². The third kappa shape index (κ3) is 23.1. The van der Waals surface area contributed by atoms with E-state index in [4.69, 9.17) is 0 Å². The standard InChI is InChI=1S/2C8H14/c2*1-3-5-7-8-6-4-2/h2*3,5,7H,1,4,6,8H2,2H3/b7-5+;7-5-. The molecule has 0 radical (unpaired) electrons. The van der Waals surface area contributed by atoms with E-state index in [0.29, 0.717) is 0 Å². The maximum atomic E-state index is 3.57. The summed E-state index contributed by atoms with van der Waals surface area (Å²) in [4.78, 5) is 0. The van der Waals surface area contributed by atoms with Crippen LogP contribution < -0.4 is 0 Å². The average molecular weight is 220 g/mol. The maximum Gasteiger partial charge on any atom is -0.0348 e. The van der Waals surface area contributed by atoms with Crippen molar-refractivity contribution in [2.24, 2.45) is 0 Å². The summed E-state index contributed by atoms with van der Waals surface area (Å²) < 4.78 is 0. The van der Waals surface area contributed by atoms with Crippen molar-refractivity contribution in [2.45, 2.75) is 52.4 Å². The molecule has 0 aromatic heterocycles. The average Bonchev–Trinajstić information content (AvgIpc) is 2.31. The third-order valence-electron chi connectivity index (χ3n) is 1.99. The summed E-state index contributed by atoms with van der Waals surface area (Å²) in [7, 11) is 0. The van der Waals surface area contributed by atoms with Crippen LogP contribution in [0.3, 0.4) is 0 Å². The molecule has 0 aliphatic heterocycles. The van der Waals surface area contributed by atoms with E-state index >= 15 is 0 Å². The molecule has 16 heavy (non-hydrogen) atoms. The van der Waals surface area contributed by atoms with Gasteiger partial charge in [0.25, 0.3) is 0 Å². The minimum atomic E-state index is 1.20. The van der Waals surface area contributed by atoms with Crippen LogP contribution in [-0.4, -0.2) is 0 Å². The molecule has 0 unspecified atom stereocenters. The quantitative estimate of drug-likeness (QED) is 0.356. The van der Waals surface area contributed by atoms with Crippen LogP contribution in [0.1, 0.15) is 52.4 Å². The predicted molar refractivity (Wildman–Crippen MR) is 77.7 cm³/mol. The van der Waals surface area contributed by atoms with Crippen LogP contribution in [0.4, 0.5) is 0 Å². The summed E-state index contributed by atoms with van der Waals surface area (Å²) in [6, 6.07) is 0. The summed E-state index contributed by atoms with van der Waals surface area (Å²) in [5.74, 6) is 0. The molecule has 92 valence electrons. The Morgan fingerprint density at radius 1 is 0.750 bits per heavy atom. The zero-order valence-corrected chi connectivity index (χ0v) is 11.1. The molecule has 0 rings (SSSR count). The maximum absolute atomic E-state index is 3.57. The zero-order valence-electron chi connectivity index (χ0n) is 11.1. The second-order valence-electron chi connectivity index (χ2n) is 3.61. The lowest BCUT2D eigenvalue weighted by Crippen LogP contribution is -1.64. The van der Waals surface area contributed by atoms with Gasteiger partial charge in [-0.05, 0) is 12.8 Å². The molecule has 0 aromatic rings. The Morgan fingerprint density at radius 3 is 1.38 bits per heavy atom. The fraction of sp³-hybridized carbons (Fsp3) is 0.500. The number of allylic oxidation sites excluding steroid dienone is 6. The van der Waals surface area contributed by atoms with Gasteiger partial charge in [0.1, 0.15) is 0 Å². The van der Waals surface area contributed by atoms with E-state index in [0.717, 1.165) is 0 Å². The first kappa shape index (κ1) is 17.4. The first-order valence-electron chi connectivity index (χ1n) is 6.38. The third-order valence-corrected chi connectivity index (χ3v) is 1.99. The molecule has 0 heteroatoms. The summed E-state index contributed by atoms with van der Waals surface area (Å²) >= 11 is 0. The molecule has 0 N–H and O–H groups in total. The summed E-state index contributed by atoms with van der Waals surface area (Å²) in [5, 5.41) is 0. The highest BCUT2D eigenvalue weighted by Crippen LogP contribution is 1.94. The Balaban J connectivity index is 0. The van der Waals surface area contributed by atoms with Crippen LogP contribution in [0.2, 0.25) is 0 Å². The van der Waals surface area contributed by atoms with Crippen molar-refractivity contribution < 1.29 is 0 Å². The van der Waals surface area contributed by atoms with Crippen molar-refractivity contribution in [3.05, 3.63) is 49.6 Å². The van der Waals surface area contributed by atoms with Gasteiger partial charge in [0.2, 0.25) is 0 Å². The molecule has 0 saturated heterocycles. The Bertz CT molecular complexity index is 162. The highest BCUT2D eigenvalue weighted by atomic mass is 13.8. The minimum Gasteiger partial charge on any atom is -0.0991 e. The molecule has 0 aliphatic rings. The van der Waals surface area contributed by atoms with Gasteiger partial charge >= 0.3 is 0 Å². The normalized spacial score (nSPS) is 10.1. The zero-order chi connectivity index (χ0) is 12.5. The van der Waals surface area contributed by atoms with E-state index in [1.807, 2.05) is 24.3 Å². The summed E-state index contributed by atoms with van der Waals surface area (Å²) in [6.07, 6.45) is 19.5. The van der Waals surface area contributed by atoms with E-state index in [1.54, 1.807) is 0 Å². The van der Waals surface area contributed by atoms with Gasteiger partial charge in [0.05, 0.1) is 0 Å². The van der Waals surface area contributed by atoms with Gasteiger partial charge in [-0.1, -0.05) is 89.1 Å². The number of unbranched alkanes of at least 4 members (excludes halogenated alkanes) is 4. The van der Waals surface area contributed by atoms with Gasteiger partial charge in [-0.25, -0.2) is 0 Å². The van der Waals surface area contributed by atoms with Gasteiger partial charge in [-0.15, -0.1) is 0 Å². The van der Waals surface area contributed by atoms with E-state index in [2.05, 4.69) is 39.2 Å². The van der Waals surface area contributed by atoms with Gasteiger partial charge in [-0.3, -0.25) is 0 Å². The first-order valence-corrected chi connectivity index (χ1v) is 6.38. The number of rotatable bonds is 8. The van der Waals surface area contributed by atoms with Crippen LogP contribution in [0, 0.1) is 0 Å². The Hall–Kier alpha value is -1.04. The first-order chi connectivity index (χ1) is 7.83. The second-order valence-corrected chi connectivity index (χ2v) is 3.61. The molecule has 0 amide bonds. The fourth-order valence-corrected chi connectivity index (χ4v) is 1.03. The summed E-state index contributed by atoms with van der Waals surface area (Å²) in [5.41, 5.74) is 0. The Kier molecular flexibility index (Phi) is 21.2. The molecule has 0 saturated carbocycles. The molecule has 0 atom stereocenters. The largest absolute Gasteiger partial charge is 0.0991 e. The van der Waals surface area contributed by atoms with E-state index < -0.39 is 0 Å². The second kappa shape index (κ2) is 19.5. The van der Waals surface area contributed by atoms with Crippen LogP contribution in [0.25, 0.3) is 0 Å². The highest BCUT2D eigenvalue weighted by Gasteiger charge is 1.74. The van der Waals surface area contributed by atoms with Crippen molar-refractivity contribution in [1.82, 2.24) is 0 Å².